The van der Waals surface area contributed by atoms with Crippen LogP contribution >= 0.6 is 0 Å². The van der Waals surface area contributed by atoms with Crippen molar-refractivity contribution in [3.8, 4) is 11.1 Å². The zero-order valence-electron chi connectivity index (χ0n) is 11.4. The zero-order chi connectivity index (χ0) is 13.9. The highest BCUT2D eigenvalue weighted by Gasteiger charge is 2.16. The molecule has 2 heteroatoms. The van der Waals surface area contributed by atoms with Gasteiger partial charge in [-0.25, -0.2) is 0 Å². The Balaban J connectivity index is 1.99. The molecule has 3 aromatic rings. The van der Waals surface area contributed by atoms with Crippen LogP contribution in [0.25, 0.3) is 11.1 Å². The molecular formula is C18H17NO. The number of benzene rings is 2. The van der Waals surface area contributed by atoms with Crippen LogP contribution in [0.5, 0.6) is 0 Å². The number of nitrogens with one attached hydrogen (secondary N) is 1. The van der Waals surface area contributed by atoms with Crippen LogP contribution in [-0.2, 0) is 0 Å². The van der Waals surface area contributed by atoms with Gasteiger partial charge in [0.05, 0.1) is 0 Å². The summed E-state index contributed by atoms with van der Waals surface area (Å²) in [4.78, 5) is 3.10. The van der Waals surface area contributed by atoms with Gasteiger partial charge >= 0.3 is 0 Å². The van der Waals surface area contributed by atoms with Gasteiger partial charge in [0.25, 0.3) is 0 Å². The number of aliphatic hydroxyl groups is 1. The van der Waals surface area contributed by atoms with Crippen molar-refractivity contribution in [1.29, 1.82) is 0 Å². The Kier molecular flexibility index (Phi) is 3.40. The van der Waals surface area contributed by atoms with E-state index in [9.17, 15) is 5.11 Å². The Morgan fingerprint density at radius 1 is 0.900 bits per heavy atom. The molecule has 1 atom stereocenters. The van der Waals surface area contributed by atoms with Crippen molar-refractivity contribution in [2.24, 2.45) is 0 Å². The van der Waals surface area contributed by atoms with Crippen molar-refractivity contribution in [3.05, 3.63) is 83.7 Å². The van der Waals surface area contributed by atoms with Crippen molar-refractivity contribution >= 4 is 0 Å². The molecule has 0 aliphatic rings. The molecule has 0 saturated heterocycles. The van der Waals surface area contributed by atoms with Crippen LogP contribution in [-0.4, -0.2) is 10.1 Å². The van der Waals surface area contributed by atoms with Crippen LogP contribution < -0.4 is 0 Å². The number of hydrogen-bond donors (Lipinski definition) is 2. The SMILES string of the molecule is Cc1ccc([C@H](O)c2c[nH]cc2-c2ccccc2)cc1. The van der Waals surface area contributed by atoms with Gasteiger partial charge in [0.15, 0.2) is 0 Å². The average Bonchev–Trinajstić information content (AvgIpc) is 2.97. The Labute approximate surface area is 118 Å². The predicted molar refractivity (Wildman–Crippen MR) is 81.5 cm³/mol. The minimum atomic E-state index is -0.614. The van der Waals surface area contributed by atoms with Crippen LogP contribution in [0.4, 0.5) is 0 Å². The normalized spacial score (nSPS) is 12.3. The standard InChI is InChI=1S/C18H17NO/c1-13-7-9-15(10-8-13)18(20)17-12-19-11-16(17)14-5-3-2-4-6-14/h2-12,18-20H,1H3/t18-/m0/s1. The van der Waals surface area contributed by atoms with Crippen LogP contribution in [0, 0.1) is 6.92 Å². The second kappa shape index (κ2) is 5.35. The molecule has 0 unspecified atom stereocenters. The van der Waals surface area contributed by atoms with E-state index in [1.165, 1.54) is 5.56 Å². The van der Waals surface area contributed by atoms with Gasteiger partial charge in [-0.15, -0.1) is 0 Å². The van der Waals surface area contributed by atoms with Gasteiger partial charge in [-0.05, 0) is 18.1 Å². The summed E-state index contributed by atoms with van der Waals surface area (Å²) in [6, 6.07) is 18.1. The maximum Gasteiger partial charge on any atom is 0.106 e. The summed E-state index contributed by atoms with van der Waals surface area (Å²) in [6.07, 6.45) is 3.19. The van der Waals surface area contributed by atoms with Crippen LogP contribution in [0.15, 0.2) is 67.0 Å². The molecule has 0 aliphatic heterocycles. The fraction of sp³-hybridized carbons (Fsp3) is 0.111. The fourth-order valence-electron chi connectivity index (χ4n) is 2.40. The first-order valence-corrected chi connectivity index (χ1v) is 6.72. The lowest BCUT2D eigenvalue weighted by Crippen LogP contribution is -1.99. The number of aromatic nitrogens is 1. The second-order valence-electron chi connectivity index (χ2n) is 5.00. The number of aromatic amines is 1. The first-order chi connectivity index (χ1) is 9.75. The summed E-state index contributed by atoms with van der Waals surface area (Å²) in [7, 11) is 0. The summed E-state index contributed by atoms with van der Waals surface area (Å²) in [5.74, 6) is 0. The van der Waals surface area contributed by atoms with E-state index < -0.39 is 6.10 Å². The molecule has 1 aromatic heterocycles. The lowest BCUT2D eigenvalue weighted by Gasteiger charge is -2.12. The molecule has 2 nitrogen and oxygen atoms in total. The molecule has 3 rings (SSSR count). The topological polar surface area (TPSA) is 36.0 Å². The highest BCUT2D eigenvalue weighted by Crippen LogP contribution is 2.31. The highest BCUT2D eigenvalue weighted by atomic mass is 16.3. The zero-order valence-corrected chi connectivity index (χ0v) is 11.4. The summed E-state index contributed by atoms with van der Waals surface area (Å²) in [6.45, 7) is 2.04. The number of hydrogen-bond acceptors (Lipinski definition) is 1. The maximum atomic E-state index is 10.6. The van der Waals surface area contributed by atoms with Gasteiger partial charge in [0.2, 0.25) is 0 Å². The average molecular weight is 263 g/mol. The molecule has 0 saturated carbocycles. The van der Waals surface area contributed by atoms with Gasteiger partial charge < -0.3 is 10.1 Å². The quantitative estimate of drug-likeness (QED) is 0.734. The molecule has 2 N–H and O–H groups in total. The van der Waals surface area contributed by atoms with Gasteiger partial charge in [-0.3, -0.25) is 0 Å². The number of aryl methyl sites for hydroxylation is 1. The van der Waals surface area contributed by atoms with Gasteiger partial charge in [-0.2, -0.15) is 0 Å². The maximum absolute atomic E-state index is 10.6. The minimum Gasteiger partial charge on any atom is -0.384 e. The van der Waals surface area contributed by atoms with E-state index in [1.54, 1.807) is 0 Å². The summed E-state index contributed by atoms with van der Waals surface area (Å²) in [5, 5.41) is 10.6. The minimum absolute atomic E-state index is 0.614. The third-order valence-electron chi connectivity index (χ3n) is 3.55. The highest BCUT2D eigenvalue weighted by molar-refractivity contribution is 5.67. The van der Waals surface area contributed by atoms with Crippen LogP contribution in [0.2, 0.25) is 0 Å². The Hall–Kier alpha value is -2.32. The van der Waals surface area contributed by atoms with Gasteiger partial charge in [0.1, 0.15) is 6.10 Å². The van der Waals surface area contributed by atoms with Gasteiger partial charge in [-0.1, -0.05) is 60.2 Å². The predicted octanol–water partition coefficient (Wildman–Crippen LogP) is 4.07. The monoisotopic (exact) mass is 263 g/mol. The third kappa shape index (κ3) is 2.38. The van der Waals surface area contributed by atoms with E-state index in [1.807, 2.05) is 61.8 Å². The smallest absolute Gasteiger partial charge is 0.106 e. The van der Waals surface area contributed by atoms with Gasteiger partial charge in [0, 0.05) is 23.5 Å². The van der Waals surface area contributed by atoms with Crippen molar-refractivity contribution in [2.45, 2.75) is 13.0 Å². The molecule has 0 radical (unpaired) electrons. The Morgan fingerprint density at radius 2 is 1.60 bits per heavy atom. The second-order valence-corrected chi connectivity index (χ2v) is 5.00. The summed E-state index contributed by atoms with van der Waals surface area (Å²) < 4.78 is 0. The molecule has 0 aliphatic carbocycles. The molecule has 1 heterocycles. The van der Waals surface area contributed by atoms with E-state index in [0.29, 0.717) is 0 Å². The third-order valence-corrected chi connectivity index (χ3v) is 3.55. The van der Waals surface area contributed by atoms with Crippen molar-refractivity contribution < 1.29 is 5.11 Å². The number of aliphatic hydroxyl groups excluding tert-OH is 1. The van der Waals surface area contributed by atoms with Crippen molar-refractivity contribution in [2.75, 3.05) is 0 Å². The summed E-state index contributed by atoms with van der Waals surface area (Å²) >= 11 is 0. The molecule has 0 spiro atoms. The van der Waals surface area contributed by atoms with E-state index in [2.05, 4.69) is 17.1 Å². The Bertz CT molecular complexity index is 683. The Morgan fingerprint density at radius 3 is 2.30 bits per heavy atom. The van der Waals surface area contributed by atoms with E-state index in [-0.39, 0.29) is 0 Å². The summed E-state index contributed by atoms with van der Waals surface area (Å²) in [5.41, 5.74) is 5.15. The first-order valence-electron chi connectivity index (χ1n) is 6.72. The fourth-order valence-corrected chi connectivity index (χ4v) is 2.40. The molecule has 0 bridgehead atoms. The molecular weight excluding hydrogens is 246 g/mol. The van der Waals surface area contributed by atoms with E-state index in [4.69, 9.17) is 0 Å². The number of H-pyrrole nitrogens is 1. The first kappa shape index (κ1) is 12.7. The van der Waals surface area contributed by atoms with Crippen LogP contribution in [0.3, 0.4) is 0 Å². The largest absolute Gasteiger partial charge is 0.384 e. The molecule has 20 heavy (non-hydrogen) atoms. The van der Waals surface area contributed by atoms with Crippen LogP contribution in [0.1, 0.15) is 22.8 Å². The molecule has 2 aromatic carbocycles. The molecule has 0 fully saturated rings. The van der Waals surface area contributed by atoms with Crippen molar-refractivity contribution in [1.82, 2.24) is 4.98 Å². The van der Waals surface area contributed by atoms with Crippen molar-refractivity contribution in [3.63, 3.8) is 0 Å². The molecule has 100 valence electrons. The lowest BCUT2D eigenvalue weighted by molar-refractivity contribution is 0.221. The van der Waals surface area contributed by atoms with E-state index >= 15 is 0 Å². The number of rotatable bonds is 3. The van der Waals surface area contributed by atoms with E-state index in [0.717, 1.165) is 22.3 Å². The lowest BCUT2D eigenvalue weighted by atomic mass is 9.96. The molecule has 0 amide bonds.